The van der Waals surface area contributed by atoms with Gasteiger partial charge in [0.1, 0.15) is 11.1 Å². The highest BCUT2D eigenvalue weighted by Crippen LogP contribution is 2.15. The second kappa shape index (κ2) is 5.70. The molecule has 1 unspecified atom stereocenters. The van der Waals surface area contributed by atoms with Gasteiger partial charge in [0.25, 0.3) is 0 Å². The van der Waals surface area contributed by atoms with E-state index in [-0.39, 0.29) is 12.8 Å². The lowest BCUT2D eigenvalue weighted by molar-refractivity contribution is -0.144. The molecule has 0 aromatic heterocycles. The van der Waals surface area contributed by atoms with E-state index in [0.29, 0.717) is 0 Å². The Morgan fingerprint density at radius 3 is 2.06 bits per heavy atom. The fourth-order valence-electron chi connectivity index (χ4n) is 1.12. The summed E-state index contributed by atoms with van der Waals surface area (Å²) in [5.41, 5.74) is 2.64. The van der Waals surface area contributed by atoms with Crippen molar-refractivity contribution in [2.45, 2.75) is 51.7 Å². The summed E-state index contributed by atoms with van der Waals surface area (Å²) in [6.45, 7) is 6.28. The summed E-state index contributed by atoms with van der Waals surface area (Å²) < 4.78 is 4.96. The number of carboxylic acid groups (broad SMARTS) is 1. The van der Waals surface area contributed by atoms with E-state index in [1.165, 1.54) is 6.92 Å². The predicted octanol–water partition coefficient (Wildman–Crippen LogP) is 0.620. The van der Waals surface area contributed by atoms with Gasteiger partial charge >= 0.3 is 12.1 Å². The van der Waals surface area contributed by atoms with E-state index < -0.39 is 29.1 Å². The fourth-order valence-corrected chi connectivity index (χ4v) is 1.12. The van der Waals surface area contributed by atoms with E-state index >= 15 is 0 Å². The van der Waals surface area contributed by atoms with E-state index in [2.05, 4.69) is 5.32 Å². The average Bonchev–Trinajstić information content (AvgIpc) is 2.11. The van der Waals surface area contributed by atoms with Gasteiger partial charge in [-0.15, -0.1) is 0 Å². The van der Waals surface area contributed by atoms with Gasteiger partial charge < -0.3 is 20.9 Å². The van der Waals surface area contributed by atoms with E-state index in [1.54, 1.807) is 20.8 Å². The molecule has 0 aromatic rings. The minimum Gasteiger partial charge on any atom is -0.480 e. The van der Waals surface area contributed by atoms with E-state index in [4.69, 9.17) is 15.6 Å². The first-order valence-corrected chi connectivity index (χ1v) is 5.49. The van der Waals surface area contributed by atoms with Crippen LogP contribution in [0.25, 0.3) is 0 Å². The number of carboxylic acids is 1. The van der Waals surface area contributed by atoms with Gasteiger partial charge in [-0.05, 0) is 34.1 Å². The third kappa shape index (κ3) is 6.07. The molecule has 0 bridgehead atoms. The number of aliphatic carboxylic acids is 1. The van der Waals surface area contributed by atoms with Gasteiger partial charge in [0.2, 0.25) is 5.91 Å². The number of primary amides is 1. The molecule has 0 aliphatic heterocycles. The Bertz CT molecular complexity index is 348. The maximum atomic E-state index is 11.5. The lowest BCUT2D eigenvalue weighted by atomic mass is 9.96. The molecule has 0 aliphatic carbocycles. The molecule has 0 aliphatic rings. The van der Waals surface area contributed by atoms with E-state index in [9.17, 15) is 14.4 Å². The van der Waals surface area contributed by atoms with Gasteiger partial charge in [-0.3, -0.25) is 4.79 Å². The largest absolute Gasteiger partial charge is 0.480 e. The number of hydrogen-bond acceptors (Lipinski definition) is 4. The maximum absolute atomic E-state index is 11.5. The van der Waals surface area contributed by atoms with Crippen LogP contribution in [0.2, 0.25) is 0 Å². The summed E-state index contributed by atoms with van der Waals surface area (Å²) in [4.78, 5) is 33.3. The average molecular weight is 260 g/mol. The molecule has 0 fully saturated rings. The molecule has 0 rings (SSSR count). The zero-order chi connectivity index (χ0) is 14.6. The summed E-state index contributed by atoms with van der Waals surface area (Å²) >= 11 is 0. The third-order valence-corrected chi connectivity index (χ3v) is 2.12. The van der Waals surface area contributed by atoms with Gasteiger partial charge in [-0.2, -0.15) is 0 Å². The minimum atomic E-state index is -1.59. The van der Waals surface area contributed by atoms with Gasteiger partial charge in [-0.25, -0.2) is 9.59 Å². The summed E-state index contributed by atoms with van der Waals surface area (Å²) in [5, 5.41) is 11.3. The van der Waals surface area contributed by atoms with Crippen molar-refractivity contribution in [1.82, 2.24) is 5.32 Å². The zero-order valence-electron chi connectivity index (χ0n) is 11.1. The van der Waals surface area contributed by atoms with Crippen molar-refractivity contribution >= 4 is 18.0 Å². The van der Waals surface area contributed by atoms with Crippen molar-refractivity contribution in [3.05, 3.63) is 0 Å². The van der Waals surface area contributed by atoms with Gasteiger partial charge in [0, 0.05) is 6.42 Å². The Labute approximate surface area is 106 Å². The molecule has 0 saturated heterocycles. The first-order valence-electron chi connectivity index (χ1n) is 5.49. The van der Waals surface area contributed by atoms with Crippen molar-refractivity contribution in [3.63, 3.8) is 0 Å². The number of rotatable bonds is 5. The van der Waals surface area contributed by atoms with Crippen molar-refractivity contribution in [1.29, 1.82) is 0 Å². The number of ether oxygens (including phenoxy) is 1. The molecule has 0 heterocycles. The molecule has 104 valence electrons. The van der Waals surface area contributed by atoms with Crippen LogP contribution in [-0.4, -0.2) is 34.2 Å². The molecule has 1 atom stereocenters. The number of carbonyl (C=O) groups excluding carboxylic acids is 2. The Kier molecular flexibility index (Phi) is 5.13. The van der Waals surface area contributed by atoms with Gasteiger partial charge in [-0.1, -0.05) is 0 Å². The predicted molar refractivity (Wildman–Crippen MR) is 63.8 cm³/mol. The molecule has 7 heteroatoms. The Balaban J connectivity index is 4.66. The minimum absolute atomic E-state index is 0.100. The van der Waals surface area contributed by atoms with Crippen LogP contribution in [-0.2, 0) is 14.3 Å². The second-order valence-corrected chi connectivity index (χ2v) is 5.23. The molecular weight excluding hydrogens is 240 g/mol. The lowest BCUT2D eigenvalue weighted by Crippen LogP contribution is -2.53. The first-order chi connectivity index (χ1) is 7.96. The lowest BCUT2D eigenvalue weighted by Gasteiger charge is -2.28. The first kappa shape index (κ1) is 16.2. The molecule has 0 radical (unpaired) electrons. The Morgan fingerprint density at radius 2 is 1.72 bits per heavy atom. The quantitative estimate of drug-likeness (QED) is 0.669. The highest BCUT2D eigenvalue weighted by atomic mass is 16.6. The maximum Gasteiger partial charge on any atom is 0.408 e. The van der Waals surface area contributed by atoms with Crippen LogP contribution in [0.4, 0.5) is 4.79 Å². The van der Waals surface area contributed by atoms with Gasteiger partial charge in [0.05, 0.1) is 0 Å². The molecule has 0 aromatic carbocycles. The highest BCUT2D eigenvalue weighted by Gasteiger charge is 2.36. The fraction of sp³-hybridized carbons (Fsp3) is 0.727. The molecule has 18 heavy (non-hydrogen) atoms. The standard InChI is InChI=1S/C11H20N2O5/c1-10(2,3)18-9(17)13-11(4,8(15)16)6-5-7(12)14/h5-6H2,1-4H3,(H2,12,14)(H,13,17)(H,15,16). The van der Waals surface area contributed by atoms with E-state index in [1.807, 2.05) is 0 Å². The summed E-state index contributed by atoms with van der Waals surface area (Å²) in [6.07, 6.45) is -1.09. The number of alkyl carbamates (subject to hydrolysis) is 1. The summed E-state index contributed by atoms with van der Waals surface area (Å²) in [5.74, 6) is -1.89. The van der Waals surface area contributed by atoms with Crippen LogP contribution in [0.3, 0.4) is 0 Å². The van der Waals surface area contributed by atoms with Crippen molar-refractivity contribution in [2.24, 2.45) is 5.73 Å². The Morgan fingerprint density at radius 1 is 1.22 bits per heavy atom. The second-order valence-electron chi connectivity index (χ2n) is 5.23. The van der Waals surface area contributed by atoms with Crippen molar-refractivity contribution in [2.75, 3.05) is 0 Å². The number of nitrogens with one attached hydrogen (secondary N) is 1. The topological polar surface area (TPSA) is 119 Å². The molecule has 0 saturated carbocycles. The normalized spacial score (nSPS) is 14.4. The van der Waals surface area contributed by atoms with Gasteiger partial charge in [0.15, 0.2) is 0 Å². The van der Waals surface area contributed by atoms with Crippen LogP contribution in [0.1, 0.15) is 40.5 Å². The smallest absolute Gasteiger partial charge is 0.408 e. The number of amides is 2. The molecule has 0 spiro atoms. The van der Waals surface area contributed by atoms with Crippen LogP contribution in [0.15, 0.2) is 0 Å². The zero-order valence-corrected chi connectivity index (χ0v) is 11.1. The molecule has 2 amide bonds. The van der Waals surface area contributed by atoms with Crippen LogP contribution < -0.4 is 11.1 Å². The SMILES string of the molecule is CC(C)(C)OC(=O)NC(C)(CCC(N)=O)C(=O)O. The number of nitrogens with two attached hydrogens (primary N) is 1. The molecule has 7 nitrogen and oxygen atoms in total. The molecular formula is C11H20N2O5. The summed E-state index contributed by atoms with van der Waals surface area (Å²) in [7, 11) is 0. The van der Waals surface area contributed by atoms with Crippen LogP contribution in [0.5, 0.6) is 0 Å². The van der Waals surface area contributed by atoms with Crippen LogP contribution in [0, 0.1) is 0 Å². The van der Waals surface area contributed by atoms with Crippen molar-refractivity contribution in [3.8, 4) is 0 Å². The van der Waals surface area contributed by atoms with Crippen LogP contribution >= 0.6 is 0 Å². The monoisotopic (exact) mass is 260 g/mol. The number of carbonyl (C=O) groups is 3. The highest BCUT2D eigenvalue weighted by molar-refractivity contribution is 5.85. The summed E-state index contributed by atoms with van der Waals surface area (Å²) in [6, 6.07) is 0. The van der Waals surface area contributed by atoms with E-state index in [0.717, 1.165) is 0 Å². The van der Waals surface area contributed by atoms with Crippen molar-refractivity contribution < 1.29 is 24.2 Å². The Hall–Kier alpha value is -1.79. The third-order valence-electron chi connectivity index (χ3n) is 2.12. The number of hydrogen-bond donors (Lipinski definition) is 3. The molecule has 4 N–H and O–H groups in total.